The SMILES string of the molecule is Cc1cc(C)c(C2=CNCN2C(C)C)c(C)c1. The summed E-state index contributed by atoms with van der Waals surface area (Å²) in [6, 6.07) is 5.05. The second-order valence-electron chi connectivity index (χ2n) is 5.23. The van der Waals surface area contributed by atoms with Crippen LogP contribution in [0, 0.1) is 20.8 Å². The van der Waals surface area contributed by atoms with Crippen LogP contribution in [-0.2, 0) is 0 Å². The third-order valence-corrected chi connectivity index (χ3v) is 3.37. The molecule has 0 saturated carbocycles. The van der Waals surface area contributed by atoms with Crippen LogP contribution in [0.3, 0.4) is 0 Å². The topological polar surface area (TPSA) is 15.3 Å². The van der Waals surface area contributed by atoms with Gasteiger partial charge in [0, 0.05) is 17.8 Å². The molecule has 0 aromatic heterocycles. The highest BCUT2D eigenvalue weighted by Gasteiger charge is 2.21. The Balaban J connectivity index is 2.47. The Morgan fingerprint density at radius 3 is 2.24 bits per heavy atom. The van der Waals surface area contributed by atoms with Gasteiger partial charge < -0.3 is 10.2 Å². The lowest BCUT2D eigenvalue weighted by Gasteiger charge is -2.27. The predicted molar refractivity (Wildman–Crippen MR) is 73.6 cm³/mol. The van der Waals surface area contributed by atoms with Crippen LogP contribution in [0.4, 0.5) is 0 Å². The molecule has 0 amide bonds. The summed E-state index contributed by atoms with van der Waals surface area (Å²) < 4.78 is 0. The first kappa shape index (κ1) is 12.0. The standard InChI is InChI=1S/C15H22N2/c1-10(2)17-9-16-8-14(17)15-12(4)6-11(3)7-13(15)5/h6-8,10,16H,9H2,1-5H3. The molecule has 0 spiro atoms. The molecule has 1 N–H and O–H groups in total. The van der Waals surface area contributed by atoms with E-state index in [1.165, 1.54) is 28.0 Å². The third-order valence-electron chi connectivity index (χ3n) is 3.37. The van der Waals surface area contributed by atoms with Gasteiger partial charge in [0.25, 0.3) is 0 Å². The van der Waals surface area contributed by atoms with E-state index < -0.39 is 0 Å². The molecular formula is C15H22N2. The molecule has 1 aromatic carbocycles. The number of benzene rings is 1. The maximum absolute atomic E-state index is 3.34. The monoisotopic (exact) mass is 230 g/mol. The minimum atomic E-state index is 0.524. The highest BCUT2D eigenvalue weighted by molar-refractivity contribution is 5.71. The van der Waals surface area contributed by atoms with E-state index in [1.807, 2.05) is 0 Å². The Bertz CT molecular complexity index is 435. The molecule has 1 aromatic rings. The molecule has 17 heavy (non-hydrogen) atoms. The second kappa shape index (κ2) is 4.44. The minimum Gasteiger partial charge on any atom is -0.372 e. The van der Waals surface area contributed by atoms with Crippen LogP contribution in [0.15, 0.2) is 18.3 Å². The second-order valence-corrected chi connectivity index (χ2v) is 5.23. The van der Waals surface area contributed by atoms with Crippen molar-refractivity contribution in [2.45, 2.75) is 40.7 Å². The minimum absolute atomic E-state index is 0.524. The summed E-state index contributed by atoms with van der Waals surface area (Å²) in [5.74, 6) is 0. The van der Waals surface area contributed by atoms with Crippen molar-refractivity contribution in [3.05, 3.63) is 40.6 Å². The molecule has 1 aliphatic rings. The van der Waals surface area contributed by atoms with Gasteiger partial charge in [-0.25, -0.2) is 0 Å². The number of hydrogen-bond acceptors (Lipinski definition) is 2. The van der Waals surface area contributed by atoms with E-state index in [0.29, 0.717) is 6.04 Å². The van der Waals surface area contributed by atoms with Crippen LogP contribution in [0.25, 0.3) is 5.70 Å². The molecule has 0 saturated heterocycles. The maximum Gasteiger partial charge on any atom is 0.0875 e. The van der Waals surface area contributed by atoms with Crippen LogP contribution < -0.4 is 5.32 Å². The van der Waals surface area contributed by atoms with Crippen LogP contribution in [0.1, 0.15) is 36.1 Å². The fourth-order valence-electron chi connectivity index (χ4n) is 2.67. The summed E-state index contributed by atoms with van der Waals surface area (Å²) in [4.78, 5) is 2.41. The van der Waals surface area contributed by atoms with E-state index in [1.54, 1.807) is 0 Å². The van der Waals surface area contributed by atoms with Gasteiger partial charge in [0.2, 0.25) is 0 Å². The zero-order chi connectivity index (χ0) is 12.6. The first-order chi connectivity index (χ1) is 8.00. The van der Waals surface area contributed by atoms with Crippen molar-refractivity contribution in [3.8, 4) is 0 Å². The first-order valence-electron chi connectivity index (χ1n) is 6.29. The summed E-state index contributed by atoms with van der Waals surface area (Å²) in [6.45, 7) is 11.9. The summed E-state index contributed by atoms with van der Waals surface area (Å²) >= 11 is 0. The lowest BCUT2D eigenvalue weighted by atomic mass is 9.97. The van der Waals surface area contributed by atoms with Gasteiger partial charge >= 0.3 is 0 Å². The Morgan fingerprint density at radius 2 is 1.71 bits per heavy atom. The Hall–Kier alpha value is -1.44. The molecule has 92 valence electrons. The highest BCUT2D eigenvalue weighted by atomic mass is 15.3. The highest BCUT2D eigenvalue weighted by Crippen LogP contribution is 2.29. The van der Waals surface area contributed by atoms with Gasteiger partial charge in [-0.05, 0) is 45.7 Å². The van der Waals surface area contributed by atoms with E-state index in [4.69, 9.17) is 0 Å². The van der Waals surface area contributed by atoms with E-state index in [0.717, 1.165) is 6.67 Å². The molecule has 0 atom stereocenters. The van der Waals surface area contributed by atoms with Crippen LogP contribution in [-0.4, -0.2) is 17.6 Å². The number of rotatable bonds is 2. The molecule has 1 aliphatic heterocycles. The fraction of sp³-hybridized carbons (Fsp3) is 0.467. The molecule has 0 radical (unpaired) electrons. The van der Waals surface area contributed by atoms with E-state index >= 15 is 0 Å². The molecule has 2 heteroatoms. The van der Waals surface area contributed by atoms with Gasteiger partial charge in [0.05, 0.1) is 12.4 Å². The van der Waals surface area contributed by atoms with Gasteiger partial charge in [-0.3, -0.25) is 0 Å². The number of nitrogens with zero attached hydrogens (tertiary/aromatic N) is 1. The summed E-state index contributed by atoms with van der Waals surface area (Å²) in [5.41, 5.74) is 6.78. The van der Waals surface area contributed by atoms with Crippen LogP contribution >= 0.6 is 0 Å². The lowest BCUT2D eigenvalue weighted by molar-refractivity contribution is 0.340. The van der Waals surface area contributed by atoms with E-state index in [9.17, 15) is 0 Å². The summed E-state index contributed by atoms with van der Waals surface area (Å²) in [6.07, 6.45) is 2.14. The summed E-state index contributed by atoms with van der Waals surface area (Å²) in [5, 5.41) is 3.34. The average Bonchev–Trinajstić information content (AvgIpc) is 2.64. The van der Waals surface area contributed by atoms with Crippen LogP contribution in [0.5, 0.6) is 0 Å². The van der Waals surface area contributed by atoms with Gasteiger partial charge in [-0.1, -0.05) is 17.7 Å². The van der Waals surface area contributed by atoms with Crippen molar-refractivity contribution in [1.82, 2.24) is 10.2 Å². The Morgan fingerprint density at radius 1 is 1.12 bits per heavy atom. The number of hydrogen-bond donors (Lipinski definition) is 1. The van der Waals surface area contributed by atoms with Crippen molar-refractivity contribution in [1.29, 1.82) is 0 Å². The normalized spacial score (nSPS) is 15.2. The van der Waals surface area contributed by atoms with Gasteiger partial charge in [-0.2, -0.15) is 0 Å². The molecule has 0 bridgehead atoms. The first-order valence-corrected chi connectivity index (χ1v) is 6.29. The lowest BCUT2D eigenvalue weighted by Crippen LogP contribution is -2.30. The maximum atomic E-state index is 3.34. The molecule has 0 fully saturated rings. The van der Waals surface area contributed by atoms with Crippen LogP contribution in [0.2, 0.25) is 0 Å². The molecule has 0 unspecified atom stereocenters. The van der Waals surface area contributed by atoms with Crippen molar-refractivity contribution >= 4 is 5.70 Å². The fourth-order valence-corrected chi connectivity index (χ4v) is 2.67. The molecular weight excluding hydrogens is 208 g/mol. The van der Waals surface area contributed by atoms with Gasteiger partial charge in [-0.15, -0.1) is 0 Å². The average molecular weight is 230 g/mol. The summed E-state index contributed by atoms with van der Waals surface area (Å²) in [7, 11) is 0. The van der Waals surface area contributed by atoms with Crippen molar-refractivity contribution in [2.24, 2.45) is 0 Å². The smallest absolute Gasteiger partial charge is 0.0875 e. The third kappa shape index (κ3) is 2.17. The molecule has 2 rings (SSSR count). The Labute approximate surface area is 104 Å². The van der Waals surface area contributed by atoms with E-state index in [-0.39, 0.29) is 0 Å². The van der Waals surface area contributed by atoms with Crippen molar-refractivity contribution in [2.75, 3.05) is 6.67 Å². The van der Waals surface area contributed by atoms with Gasteiger partial charge in [0.15, 0.2) is 0 Å². The predicted octanol–water partition coefficient (Wildman–Crippen LogP) is 3.18. The largest absolute Gasteiger partial charge is 0.372 e. The molecule has 2 nitrogen and oxygen atoms in total. The van der Waals surface area contributed by atoms with Crippen molar-refractivity contribution in [3.63, 3.8) is 0 Å². The Kier molecular flexibility index (Phi) is 3.14. The molecule has 0 aliphatic carbocycles. The zero-order valence-electron chi connectivity index (χ0n) is 11.5. The molecule has 1 heterocycles. The zero-order valence-corrected chi connectivity index (χ0v) is 11.5. The quantitative estimate of drug-likeness (QED) is 0.839. The van der Waals surface area contributed by atoms with E-state index in [2.05, 4.69) is 63.2 Å². The van der Waals surface area contributed by atoms with Gasteiger partial charge in [0.1, 0.15) is 0 Å². The number of nitrogens with one attached hydrogen (secondary N) is 1. The van der Waals surface area contributed by atoms with Crippen molar-refractivity contribution < 1.29 is 0 Å². The number of aryl methyl sites for hydroxylation is 3.